The summed E-state index contributed by atoms with van der Waals surface area (Å²) in [5.74, 6) is -0.940. The normalized spacial score (nSPS) is 16.0. The lowest BCUT2D eigenvalue weighted by Crippen LogP contribution is -2.50. The van der Waals surface area contributed by atoms with Crippen molar-refractivity contribution in [1.82, 2.24) is 14.7 Å². The van der Waals surface area contributed by atoms with Crippen LogP contribution in [0.15, 0.2) is 36.5 Å². The highest BCUT2D eigenvalue weighted by Crippen LogP contribution is 2.25. The molecular formula is C20H24N4O4. The summed E-state index contributed by atoms with van der Waals surface area (Å²) in [6.45, 7) is 4.05. The van der Waals surface area contributed by atoms with Gasteiger partial charge in [-0.15, -0.1) is 0 Å². The maximum Gasteiger partial charge on any atom is 0.325 e. The number of rotatable bonds is 6. The third-order valence-corrected chi connectivity index (χ3v) is 4.64. The van der Waals surface area contributed by atoms with E-state index in [-0.39, 0.29) is 30.1 Å². The van der Waals surface area contributed by atoms with Crippen molar-refractivity contribution in [2.75, 3.05) is 5.32 Å². The average Bonchev–Trinajstić information content (AvgIpc) is 3.06. The summed E-state index contributed by atoms with van der Waals surface area (Å²) in [5.41, 5.74) is 2.10. The van der Waals surface area contributed by atoms with E-state index in [9.17, 15) is 14.4 Å². The van der Waals surface area contributed by atoms with E-state index >= 15 is 0 Å². The lowest BCUT2D eigenvalue weighted by molar-refractivity contribution is -0.140. The highest BCUT2D eigenvalue weighted by molar-refractivity contribution is 5.97. The fourth-order valence-corrected chi connectivity index (χ4v) is 3.35. The van der Waals surface area contributed by atoms with Crippen molar-refractivity contribution >= 4 is 23.6 Å². The summed E-state index contributed by atoms with van der Waals surface area (Å²) in [5, 5.41) is 15.6. The number of carboxylic acids is 1. The van der Waals surface area contributed by atoms with Gasteiger partial charge in [0, 0.05) is 31.6 Å². The summed E-state index contributed by atoms with van der Waals surface area (Å²) in [7, 11) is 0. The van der Waals surface area contributed by atoms with Gasteiger partial charge in [0.05, 0.1) is 0 Å². The topological polar surface area (TPSA) is 105 Å². The quantitative estimate of drug-likeness (QED) is 0.792. The molecule has 1 aliphatic heterocycles. The molecule has 0 saturated carbocycles. The van der Waals surface area contributed by atoms with Crippen LogP contribution in [0.2, 0.25) is 0 Å². The number of aliphatic carboxylic acids is 1. The van der Waals surface area contributed by atoms with E-state index in [0.29, 0.717) is 19.4 Å². The van der Waals surface area contributed by atoms with Gasteiger partial charge < -0.3 is 15.3 Å². The van der Waals surface area contributed by atoms with E-state index in [0.717, 1.165) is 11.1 Å². The first kappa shape index (κ1) is 19.6. The number of hydrogen-bond donors (Lipinski definition) is 2. The highest BCUT2D eigenvalue weighted by Gasteiger charge is 2.34. The summed E-state index contributed by atoms with van der Waals surface area (Å²) >= 11 is 0. The van der Waals surface area contributed by atoms with Crippen LogP contribution in [-0.4, -0.2) is 43.6 Å². The minimum Gasteiger partial charge on any atom is -0.480 e. The van der Waals surface area contributed by atoms with Crippen molar-refractivity contribution in [2.24, 2.45) is 5.92 Å². The van der Waals surface area contributed by atoms with Gasteiger partial charge in [0.2, 0.25) is 11.8 Å². The number of benzene rings is 1. The van der Waals surface area contributed by atoms with Gasteiger partial charge in [-0.3, -0.25) is 19.1 Å². The molecule has 8 heteroatoms. The first-order valence-corrected chi connectivity index (χ1v) is 9.26. The molecule has 148 valence electrons. The standard InChI is InChI=1S/C20H24N4O4/c1-13(2)9-18(25)24-11-15-6-4-3-5-14(15)10-16(24)20(28)21-17-7-8-23(22-17)12-19(26)27/h3-8,13,16H,9-12H2,1-2H3,(H,26,27)(H,21,22,28). The number of nitrogens with zero attached hydrogens (tertiary/aromatic N) is 3. The van der Waals surface area contributed by atoms with Crippen LogP contribution in [0.3, 0.4) is 0 Å². The number of anilines is 1. The van der Waals surface area contributed by atoms with Gasteiger partial charge in [0.1, 0.15) is 12.6 Å². The number of carbonyl (C=O) groups is 3. The van der Waals surface area contributed by atoms with Crippen LogP contribution in [0.5, 0.6) is 0 Å². The maximum absolute atomic E-state index is 12.9. The number of carbonyl (C=O) groups excluding carboxylic acids is 2. The second kappa shape index (κ2) is 8.24. The number of aromatic nitrogens is 2. The van der Waals surface area contributed by atoms with Gasteiger partial charge in [-0.2, -0.15) is 5.10 Å². The lowest BCUT2D eigenvalue weighted by Gasteiger charge is -2.36. The Morgan fingerprint density at radius 2 is 1.93 bits per heavy atom. The molecule has 0 radical (unpaired) electrons. The third kappa shape index (κ3) is 4.57. The predicted molar refractivity (Wildman–Crippen MR) is 102 cm³/mol. The van der Waals surface area contributed by atoms with Crippen LogP contribution in [-0.2, 0) is 33.9 Å². The summed E-state index contributed by atoms with van der Waals surface area (Å²) < 4.78 is 1.23. The molecule has 2 aromatic rings. The van der Waals surface area contributed by atoms with Gasteiger partial charge in [-0.1, -0.05) is 38.1 Å². The lowest BCUT2D eigenvalue weighted by atomic mass is 9.92. The molecule has 0 aliphatic carbocycles. The average molecular weight is 384 g/mol. The molecule has 2 N–H and O–H groups in total. The number of nitrogens with one attached hydrogen (secondary N) is 1. The fraction of sp³-hybridized carbons (Fsp3) is 0.400. The van der Waals surface area contributed by atoms with Crippen LogP contribution < -0.4 is 5.32 Å². The predicted octanol–water partition coefficient (Wildman–Crippen LogP) is 1.91. The number of amides is 2. The highest BCUT2D eigenvalue weighted by atomic mass is 16.4. The van der Waals surface area contributed by atoms with Crippen LogP contribution >= 0.6 is 0 Å². The Balaban J connectivity index is 1.79. The molecule has 1 unspecified atom stereocenters. The van der Waals surface area contributed by atoms with Crippen molar-refractivity contribution in [3.8, 4) is 0 Å². The molecular weight excluding hydrogens is 360 g/mol. The van der Waals surface area contributed by atoms with Gasteiger partial charge in [0.15, 0.2) is 5.82 Å². The SMILES string of the molecule is CC(C)CC(=O)N1Cc2ccccc2CC1C(=O)Nc1ccn(CC(=O)O)n1. The molecule has 1 aromatic heterocycles. The molecule has 2 heterocycles. The molecule has 1 aromatic carbocycles. The fourth-order valence-electron chi connectivity index (χ4n) is 3.35. The number of fused-ring (bicyclic) bond motifs is 1. The first-order valence-electron chi connectivity index (χ1n) is 9.26. The second-order valence-corrected chi connectivity index (χ2v) is 7.39. The third-order valence-electron chi connectivity index (χ3n) is 4.64. The minimum atomic E-state index is -1.02. The molecule has 3 rings (SSSR count). The van der Waals surface area contributed by atoms with E-state index in [2.05, 4.69) is 10.4 Å². The molecule has 2 amide bonds. The van der Waals surface area contributed by atoms with Crippen LogP contribution in [0.1, 0.15) is 31.4 Å². The van der Waals surface area contributed by atoms with Gasteiger partial charge in [0.25, 0.3) is 0 Å². The molecule has 1 atom stereocenters. The Kier molecular flexibility index (Phi) is 5.77. The Morgan fingerprint density at radius 1 is 1.21 bits per heavy atom. The van der Waals surface area contributed by atoms with Crippen molar-refractivity contribution in [1.29, 1.82) is 0 Å². The number of carboxylic acid groups (broad SMARTS) is 1. The van der Waals surface area contributed by atoms with Crippen molar-refractivity contribution in [3.63, 3.8) is 0 Å². The maximum atomic E-state index is 12.9. The smallest absolute Gasteiger partial charge is 0.325 e. The van der Waals surface area contributed by atoms with E-state index in [1.807, 2.05) is 38.1 Å². The molecule has 0 spiro atoms. The largest absolute Gasteiger partial charge is 0.480 e. The van der Waals surface area contributed by atoms with Crippen molar-refractivity contribution in [3.05, 3.63) is 47.7 Å². The van der Waals surface area contributed by atoms with Crippen LogP contribution in [0.4, 0.5) is 5.82 Å². The molecule has 1 aliphatic rings. The van der Waals surface area contributed by atoms with E-state index in [1.54, 1.807) is 4.90 Å². The number of hydrogen-bond acceptors (Lipinski definition) is 4. The second-order valence-electron chi connectivity index (χ2n) is 7.39. The Hall–Kier alpha value is -3.16. The summed E-state index contributed by atoms with van der Waals surface area (Å²) in [6.07, 6.45) is 2.29. The minimum absolute atomic E-state index is 0.0546. The van der Waals surface area contributed by atoms with Gasteiger partial charge >= 0.3 is 5.97 Å². The molecule has 0 saturated heterocycles. The summed E-state index contributed by atoms with van der Waals surface area (Å²) in [6, 6.07) is 8.71. The Bertz CT molecular complexity index is 890. The Morgan fingerprint density at radius 3 is 2.61 bits per heavy atom. The van der Waals surface area contributed by atoms with E-state index in [1.165, 1.54) is 16.9 Å². The summed E-state index contributed by atoms with van der Waals surface area (Å²) in [4.78, 5) is 38.1. The van der Waals surface area contributed by atoms with Crippen LogP contribution in [0, 0.1) is 5.92 Å². The zero-order chi connectivity index (χ0) is 20.3. The van der Waals surface area contributed by atoms with E-state index in [4.69, 9.17) is 5.11 Å². The molecule has 0 fully saturated rings. The molecule has 0 bridgehead atoms. The van der Waals surface area contributed by atoms with E-state index < -0.39 is 12.0 Å². The zero-order valence-electron chi connectivity index (χ0n) is 16.0. The van der Waals surface area contributed by atoms with Crippen molar-refractivity contribution < 1.29 is 19.5 Å². The molecule has 28 heavy (non-hydrogen) atoms. The van der Waals surface area contributed by atoms with Crippen LogP contribution in [0.25, 0.3) is 0 Å². The van der Waals surface area contributed by atoms with Gasteiger partial charge in [-0.05, 0) is 17.0 Å². The first-order chi connectivity index (χ1) is 13.3. The zero-order valence-corrected chi connectivity index (χ0v) is 16.0. The van der Waals surface area contributed by atoms with Gasteiger partial charge in [-0.25, -0.2) is 0 Å². The Labute approximate surface area is 163 Å². The molecule has 8 nitrogen and oxygen atoms in total. The van der Waals surface area contributed by atoms with Crippen molar-refractivity contribution in [2.45, 2.75) is 45.8 Å². The monoisotopic (exact) mass is 384 g/mol.